The lowest BCUT2D eigenvalue weighted by Gasteiger charge is -2.06. The lowest BCUT2D eigenvalue weighted by Crippen LogP contribution is -3.00. The Hall–Kier alpha value is -2.03. The Kier molecular flexibility index (Phi) is 8.81. The zero-order valence-corrected chi connectivity index (χ0v) is 14.6. The van der Waals surface area contributed by atoms with Gasteiger partial charge in [0, 0.05) is 18.6 Å². The van der Waals surface area contributed by atoms with Gasteiger partial charge in [-0.15, -0.1) is 5.10 Å². The Bertz CT molecular complexity index is 562. The largest absolute Gasteiger partial charge is 1.00 e. The van der Waals surface area contributed by atoms with Gasteiger partial charge in [-0.05, 0) is 10.4 Å². The second-order valence-corrected chi connectivity index (χ2v) is 4.66. The molecule has 0 atom stereocenters. The lowest BCUT2D eigenvalue weighted by atomic mass is 10.4. The number of tetrazole rings is 1. The summed E-state index contributed by atoms with van der Waals surface area (Å²) in [6.45, 7) is 4.08. The molecule has 8 nitrogen and oxygen atoms in total. The third-order valence-electron chi connectivity index (χ3n) is 2.89. The molecule has 9 heteroatoms. The summed E-state index contributed by atoms with van der Waals surface area (Å²) < 4.78 is 14.2. The smallest absolute Gasteiger partial charge is 0.309 e. The van der Waals surface area contributed by atoms with E-state index in [1.54, 1.807) is 0 Å². The number of esters is 1. The molecule has 0 amide bonds. The first kappa shape index (κ1) is 19.0. The molecule has 0 spiro atoms. The maximum Gasteiger partial charge on any atom is 0.309 e. The van der Waals surface area contributed by atoms with Gasteiger partial charge in [0.15, 0.2) is 12.4 Å². The van der Waals surface area contributed by atoms with Crippen LogP contribution in [0.3, 0.4) is 0 Å². The molecular formula is C14H20BrN5O3. The fourth-order valence-electron chi connectivity index (χ4n) is 1.81. The van der Waals surface area contributed by atoms with Crippen molar-refractivity contribution < 1.29 is 35.8 Å². The predicted molar refractivity (Wildman–Crippen MR) is 75.8 cm³/mol. The van der Waals surface area contributed by atoms with Crippen LogP contribution >= 0.6 is 0 Å². The van der Waals surface area contributed by atoms with Crippen LogP contribution in [-0.4, -0.2) is 39.4 Å². The zero-order chi connectivity index (χ0) is 15.6. The molecule has 0 N–H and O–H groups in total. The normalized spacial score (nSPS) is 9.96. The molecule has 0 saturated carbocycles. The molecule has 2 heterocycles. The van der Waals surface area contributed by atoms with Gasteiger partial charge in [0.1, 0.15) is 25.2 Å². The highest BCUT2D eigenvalue weighted by Gasteiger charge is 2.05. The van der Waals surface area contributed by atoms with Crippen LogP contribution in [0.15, 0.2) is 30.9 Å². The van der Waals surface area contributed by atoms with Crippen molar-refractivity contribution in [3.63, 3.8) is 0 Å². The van der Waals surface area contributed by atoms with Gasteiger partial charge in [0.25, 0.3) is 0 Å². The van der Waals surface area contributed by atoms with Crippen LogP contribution in [0.4, 0.5) is 0 Å². The minimum atomic E-state index is -0.301. The van der Waals surface area contributed by atoms with Crippen molar-refractivity contribution in [1.82, 2.24) is 20.2 Å². The lowest BCUT2D eigenvalue weighted by molar-refractivity contribution is -0.697. The van der Waals surface area contributed by atoms with Gasteiger partial charge >= 0.3 is 5.97 Å². The number of ether oxygens (including phenoxy) is 2. The predicted octanol–water partition coefficient (Wildman–Crippen LogP) is -2.61. The van der Waals surface area contributed by atoms with Crippen LogP contribution in [0, 0.1) is 0 Å². The maximum absolute atomic E-state index is 11.5. The number of pyridine rings is 1. The van der Waals surface area contributed by atoms with Crippen LogP contribution in [0.1, 0.15) is 19.8 Å². The van der Waals surface area contributed by atoms with Crippen molar-refractivity contribution >= 4 is 5.97 Å². The zero-order valence-electron chi connectivity index (χ0n) is 13.0. The number of hydrogen-bond donors (Lipinski definition) is 0. The van der Waals surface area contributed by atoms with Gasteiger partial charge < -0.3 is 26.5 Å². The van der Waals surface area contributed by atoms with Crippen LogP contribution < -0.4 is 26.3 Å². The van der Waals surface area contributed by atoms with Gasteiger partial charge in [-0.3, -0.25) is 4.79 Å². The first-order chi connectivity index (χ1) is 10.8. The second kappa shape index (κ2) is 10.7. The number of carbonyl (C=O) groups excluding carboxylic acids is 1. The Morgan fingerprint density at radius 3 is 2.74 bits per heavy atom. The first-order valence-corrected chi connectivity index (χ1v) is 7.26. The highest BCUT2D eigenvalue weighted by atomic mass is 79.9. The molecule has 0 unspecified atom stereocenters. The van der Waals surface area contributed by atoms with E-state index in [-0.39, 0.29) is 36.0 Å². The van der Waals surface area contributed by atoms with Crippen LogP contribution in [0.25, 0.3) is 0 Å². The van der Waals surface area contributed by atoms with Crippen molar-refractivity contribution in [3.05, 3.63) is 30.9 Å². The summed E-state index contributed by atoms with van der Waals surface area (Å²) in [4.78, 5) is 11.5. The molecule has 0 aliphatic heterocycles. The number of aryl methyl sites for hydroxylation is 1. The fourth-order valence-corrected chi connectivity index (χ4v) is 1.81. The average Bonchev–Trinajstić information content (AvgIpc) is 3.03. The van der Waals surface area contributed by atoms with E-state index < -0.39 is 0 Å². The molecule has 23 heavy (non-hydrogen) atoms. The number of nitrogens with zero attached hydrogens (tertiary/aromatic N) is 5. The summed E-state index contributed by atoms with van der Waals surface area (Å²) >= 11 is 0. The Morgan fingerprint density at radius 1 is 1.30 bits per heavy atom. The monoisotopic (exact) mass is 385 g/mol. The molecule has 2 aromatic rings. The number of hydrogen-bond acceptors (Lipinski definition) is 6. The molecular weight excluding hydrogens is 366 g/mol. The summed E-state index contributed by atoms with van der Waals surface area (Å²) in [6.07, 6.45) is 6.69. The van der Waals surface area contributed by atoms with Gasteiger partial charge in [0.05, 0.1) is 19.6 Å². The van der Waals surface area contributed by atoms with Crippen molar-refractivity contribution in [2.24, 2.45) is 0 Å². The molecule has 0 saturated heterocycles. The Balaban J connectivity index is 0.00000264. The molecule has 126 valence electrons. The quantitative estimate of drug-likeness (QED) is 0.347. The first-order valence-electron chi connectivity index (χ1n) is 7.26. The molecule has 0 fully saturated rings. The SMILES string of the molecule is CCC[n+]1ccc(OCCC(=O)OCCn2cnnn2)cc1.[Br-]. The summed E-state index contributed by atoms with van der Waals surface area (Å²) in [5, 5.41) is 10.7. The Morgan fingerprint density at radius 2 is 2.09 bits per heavy atom. The van der Waals surface area contributed by atoms with Gasteiger partial charge in [-0.2, -0.15) is 0 Å². The van der Waals surface area contributed by atoms with Crippen molar-refractivity contribution in [1.29, 1.82) is 0 Å². The number of carbonyl (C=O) groups is 1. The van der Waals surface area contributed by atoms with E-state index in [0.29, 0.717) is 13.2 Å². The summed E-state index contributed by atoms with van der Waals surface area (Å²) in [5.41, 5.74) is 0. The number of aromatic nitrogens is 5. The van der Waals surface area contributed by atoms with Crippen LogP contribution in [-0.2, 0) is 22.6 Å². The van der Waals surface area contributed by atoms with Gasteiger partial charge in [0.2, 0.25) is 0 Å². The van der Waals surface area contributed by atoms with E-state index in [1.165, 1.54) is 11.0 Å². The molecule has 2 aromatic heterocycles. The minimum absolute atomic E-state index is 0. The van der Waals surface area contributed by atoms with Crippen molar-refractivity contribution in [2.45, 2.75) is 32.9 Å². The summed E-state index contributed by atoms with van der Waals surface area (Å²) in [6, 6.07) is 3.78. The van der Waals surface area contributed by atoms with Crippen molar-refractivity contribution in [2.75, 3.05) is 13.2 Å². The van der Waals surface area contributed by atoms with Gasteiger partial charge in [-0.1, -0.05) is 6.92 Å². The van der Waals surface area contributed by atoms with E-state index in [1.807, 2.05) is 24.5 Å². The van der Waals surface area contributed by atoms with Gasteiger partial charge in [-0.25, -0.2) is 9.25 Å². The van der Waals surface area contributed by atoms with Crippen LogP contribution in [0.2, 0.25) is 0 Å². The maximum atomic E-state index is 11.5. The molecule has 0 aromatic carbocycles. The summed E-state index contributed by atoms with van der Waals surface area (Å²) in [7, 11) is 0. The van der Waals surface area contributed by atoms with E-state index in [0.717, 1.165) is 18.7 Å². The second-order valence-electron chi connectivity index (χ2n) is 4.66. The fraction of sp³-hybridized carbons (Fsp3) is 0.500. The third kappa shape index (κ3) is 7.18. The van der Waals surface area contributed by atoms with E-state index >= 15 is 0 Å². The molecule has 0 aliphatic carbocycles. The van der Waals surface area contributed by atoms with E-state index in [9.17, 15) is 4.79 Å². The topological polar surface area (TPSA) is 83.0 Å². The highest BCUT2D eigenvalue weighted by molar-refractivity contribution is 5.69. The average molecular weight is 386 g/mol. The minimum Gasteiger partial charge on any atom is -1.00 e. The van der Waals surface area contributed by atoms with Crippen molar-refractivity contribution in [3.8, 4) is 5.75 Å². The number of halogens is 1. The molecule has 0 aliphatic rings. The molecule has 2 rings (SSSR count). The summed E-state index contributed by atoms with van der Waals surface area (Å²) in [5.74, 6) is 0.443. The Labute approximate surface area is 145 Å². The van der Waals surface area contributed by atoms with E-state index in [2.05, 4.69) is 27.0 Å². The van der Waals surface area contributed by atoms with Crippen LogP contribution in [0.5, 0.6) is 5.75 Å². The molecule has 0 radical (unpaired) electrons. The van der Waals surface area contributed by atoms with E-state index in [4.69, 9.17) is 9.47 Å². The standard InChI is InChI=1S/C14H20N5O3.BrH/c1-2-6-18-7-3-13(4-8-18)21-10-5-14(20)22-11-9-19-12-15-16-17-19;/h3-4,7-8,12H,2,5-6,9-11H2,1H3;1H/q+1;/p-1. The number of rotatable bonds is 9. The third-order valence-corrected chi connectivity index (χ3v) is 2.89. The molecule has 0 bridgehead atoms. The highest BCUT2D eigenvalue weighted by Crippen LogP contribution is 2.06.